The minimum absolute atomic E-state index is 0.0137. The number of aromatic nitrogens is 2. The number of aliphatic hydroxyl groups excluding tert-OH is 1. The number of aliphatic hydroxyl groups is 1. The maximum Gasteiger partial charge on any atom is 0.246 e. The van der Waals surface area contributed by atoms with Gasteiger partial charge < -0.3 is 30.1 Å². The topological polar surface area (TPSA) is 164 Å². The number of Topliss-reactive ketones (excluding diaryl/α,β-unsaturated/α-hetero) is 1. The van der Waals surface area contributed by atoms with Gasteiger partial charge in [-0.05, 0) is 80.7 Å². The molecule has 4 atom stereocenters. The molecule has 4 aromatic rings. The molecule has 14 heteroatoms. The van der Waals surface area contributed by atoms with Crippen LogP contribution in [-0.2, 0) is 35.2 Å². The predicted octanol–water partition coefficient (Wildman–Crippen LogP) is 7.37. The normalized spacial score (nSPS) is 18.5. The number of hydrogen-bond donors (Lipinski definition) is 3. The van der Waals surface area contributed by atoms with Gasteiger partial charge in [0.05, 0.1) is 25.0 Å². The second-order valence-electron chi connectivity index (χ2n) is 18.9. The summed E-state index contributed by atoms with van der Waals surface area (Å²) in [6.07, 6.45) is 7.31. The molecule has 0 radical (unpaired) electrons. The zero-order valence-corrected chi connectivity index (χ0v) is 40.3. The molecule has 3 amide bonds. The van der Waals surface area contributed by atoms with Crippen molar-refractivity contribution in [1.29, 1.82) is 0 Å². The Balaban J connectivity index is 0.850. The van der Waals surface area contributed by atoms with Gasteiger partial charge in [0.15, 0.2) is 0 Å². The number of ketones is 1. The maximum absolute atomic E-state index is 14.0. The quantitative estimate of drug-likeness (QED) is 0.0872. The molecular weight excluding hydrogens is 853 g/mol. The van der Waals surface area contributed by atoms with E-state index < -0.39 is 41.5 Å². The maximum atomic E-state index is 14.0. The summed E-state index contributed by atoms with van der Waals surface area (Å²) in [6, 6.07) is 14.1. The number of fused-ring (bicyclic) bond motifs is 3. The summed E-state index contributed by atoms with van der Waals surface area (Å²) in [6.45, 7) is 16.6. The Kier molecular flexibility index (Phi) is 15.4. The van der Waals surface area contributed by atoms with Gasteiger partial charge in [-0.25, -0.2) is 4.98 Å². The van der Waals surface area contributed by atoms with Gasteiger partial charge in [-0.15, -0.1) is 11.3 Å². The summed E-state index contributed by atoms with van der Waals surface area (Å²) in [5.74, 6) is -0.454. The zero-order valence-electron chi connectivity index (χ0n) is 39.5. The molecule has 2 aromatic carbocycles. The summed E-state index contributed by atoms with van der Waals surface area (Å²) in [7, 11) is 0. The van der Waals surface area contributed by atoms with Crippen LogP contribution < -0.4 is 10.6 Å². The van der Waals surface area contributed by atoms with Crippen LogP contribution in [0.1, 0.15) is 116 Å². The Bertz CT molecular complexity index is 2530. The van der Waals surface area contributed by atoms with E-state index in [4.69, 9.17) is 19.5 Å². The first kappa shape index (κ1) is 48.4. The average molecular weight is 917 g/mol. The number of thiophene rings is 1. The van der Waals surface area contributed by atoms with Crippen molar-refractivity contribution in [2.45, 2.75) is 118 Å². The number of carbonyl (C=O) groups is 4. The van der Waals surface area contributed by atoms with Gasteiger partial charge in [0.25, 0.3) is 0 Å². The largest absolute Gasteiger partial charge is 0.391 e. The Morgan fingerprint density at radius 3 is 2.35 bits per heavy atom. The molecule has 1 saturated heterocycles. The van der Waals surface area contributed by atoms with Crippen molar-refractivity contribution in [3.63, 3.8) is 0 Å². The number of nitrogens with one attached hydrogen (secondary N) is 2. The minimum Gasteiger partial charge on any atom is -0.391 e. The molecule has 2 aliphatic heterocycles. The SMILES string of the molecule is CC1=C(c2ccc(CNC(=O)[C@@H]3CC(O)CN3C(=O)[C@@H](NC(=O)COCCOCCCC(=O)CC3N=C(c4ccc(C)cc4)c4c(sc(C)c4C)-n4c(C)cnc43)C(C)(C)C)cc2)CC=C1. The van der Waals surface area contributed by atoms with Crippen LogP contribution in [0.3, 0.4) is 0 Å². The highest BCUT2D eigenvalue weighted by Gasteiger charge is 2.44. The molecule has 0 saturated carbocycles. The number of aliphatic imine (C=N–C) groups is 1. The van der Waals surface area contributed by atoms with Crippen molar-refractivity contribution in [2.75, 3.05) is 33.0 Å². The highest BCUT2D eigenvalue weighted by molar-refractivity contribution is 7.15. The predicted molar refractivity (Wildman–Crippen MR) is 258 cm³/mol. The Labute approximate surface area is 392 Å². The van der Waals surface area contributed by atoms with E-state index in [0.717, 1.165) is 56.5 Å². The molecule has 0 bridgehead atoms. The van der Waals surface area contributed by atoms with E-state index >= 15 is 0 Å². The van der Waals surface area contributed by atoms with E-state index in [2.05, 4.69) is 91.4 Å². The van der Waals surface area contributed by atoms with Crippen LogP contribution in [0.25, 0.3) is 10.6 Å². The van der Waals surface area contributed by atoms with E-state index in [1.807, 2.05) is 46.0 Å². The van der Waals surface area contributed by atoms with Crippen LogP contribution in [0.15, 0.2) is 77.4 Å². The molecule has 2 aromatic heterocycles. The first-order chi connectivity index (χ1) is 31.5. The fourth-order valence-electron chi connectivity index (χ4n) is 8.83. The first-order valence-electron chi connectivity index (χ1n) is 23.0. The number of rotatable bonds is 18. The molecule has 350 valence electrons. The molecule has 3 aliphatic rings. The van der Waals surface area contributed by atoms with Crippen molar-refractivity contribution in [3.05, 3.63) is 122 Å². The number of ether oxygens (including phenoxy) is 2. The van der Waals surface area contributed by atoms with E-state index in [-0.39, 0.29) is 57.4 Å². The van der Waals surface area contributed by atoms with E-state index in [9.17, 15) is 24.3 Å². The number of aryl methyl sites for hydroxylation is 3. The summed E-state index contributed by atoms with van der Waals surface area (Å²) < 4.78 is 13.5. The van der Waals surface area contributed by atoms with Crippen LogP contribution in [0, 0.1) is 33.1 Å². The number of allylic oxidation sites excluding steroid dienone is 4. The van der Waals surface area contributed by atoms with Gasteiger partial charge in [0, 0.05) is 66.9 Å². The molecule has 7 rings (SSSR count). The second kappa shape index (κ2) is 21.0. The van der Waals surface area contributed by atoms with Gasteiger partial charge in [-0.3, -0.25) is 28.7 Å². The van der Waals surface area contributed by atoms with Crippen molar-refractivity contribution >= 4 is 46.1 Å². The lowest BCUT2D eigenvalue weighted by Crippen LogP contribution is -2.58. The van der Waals surface area contributed by atoms with E-state index in [0.29, 0.717) is 19.4 Å². The van der Waals surface area contributed by atoms with Crippen LogP contribution in [0.2, 0.25) is 0 Å². The number of imidazole rings is 1. The molecule has 13 nitrogen and oxygen atoms in total. The molecule has 1 aliphatic carbocycles. The van der Waals surface area contributed by atoms with Gasteiger partial charge in [-0.2, -0.15) is 0 Å². The Morgan fingerprint density at radius 1 is 0.939 bits per heavy atom. The highest BCUT2D eigenvalue weighted by atomic mass is 32.1. The first-order valence-corrected chi connectivity index (χ1v) is 23.8. The lowest BCUT2D eigenvalue weighted by Gasteiger charge is -2.35. The number of amides is 3. The van der Waals surface area contributed by atoms with E-state index in [1.54, 1.807) is 11.3 Å². The molecule has 66 heavy (non-hydrogen) atoms. The summed E-state index contributed by atoms with van der Waals surface area (Å²) >= 11 is 1.72. The molecule has 0 spiro atoms. The molecule has 1 fully saturated rings. The number of benzene rings is 2. The molecule has 2 unspecified atom stereocenters. The van der Waals surface area contributed by atoms with Crippen molar-refractivity contribution in [3.8, 4) is 5.00 Å². The third kappa shape index (κ3) is 11.2. The zero-order chi connectivity index (χ0) is 47.3. The van der Waals surface area contributed by atoms with Crippen LogP contribution >= 0.6 is 11.3 Å². The Hall–Kier alpha value is -5.54. The molecular formula is C52H64N6O7S. The third-order valence-corrected chi connectivity index (χ3v) is 13.9. The lowest BCUT2D eigenvalue weighted by atomic mass is 9.85. The number of carbonyl (C=O) groups excluding carboxylic acids is 4. The van der Waals surface area contributed by atoms with Gasteiger partial charge >= 0.3 is 0 Å². The monoisotopic (exact) mass is 916 g/mol. The van der Waals surface area contributed by atoms with E-state index in [1.165, 1.54) is 26.5 Å². The van der Waals surface area contributed by atoms with Gasteiger partial charge in [0.1, 0.15) is 41.3 Å². The Morgan fingerprint density at radius 2 is 1.65 bits per heavy atom. The van der Waals surface area contributed by atoms with Crippen molar-refractivity contribution in [2.24, 2.45) is 10.4 Å². The van der Waals surface area contributed by atoms with Crippen molar-refractivity contribution in [1.82, 2.24) is 25.1 Å². The highest BCUT2D eigenvalue weighted by Crippen LogP contribution is 2.40. The number of nitrogens with zero attached hydrogens (tertiary/aromatic N) is 4. The number of likely N-dealkylation sites (tertiary alicyclic amines) is 1. The van der Waals surface area contributed by atoms with Crippen molar-refractivity contribution < 1.29 is 33.8 Å². The number of hydrogen-bond acceptors (Lipinski definition) is 10. The van der Waals surface area contributed by atoms with Crippen LogP contribution in [0.4, 0.5) is 0 Å². The summed E-state index contributed by atoms with van der Waals surface area (Å²) in [4.78, 5) is 66.7. The molecule has 3 N–H and O–H groups in total. The average Bonchev–Trinajstić information content (AvgIpc) is 4.05. The fraction of sp³-hybridized carbons (Fsp3) is 0.462. The fourth-order valence-corrected chi connectivity index (χ4v) is 10.1. The van der Waals surface area contributed by atoms with Gasteiger partial charge in [0.2, 0.25) is 17.7 Å². The second-order valence-corrected chi connectivity index (χ2v) is 20.1. The standard InChI is InChI=1S/C52H64N6O7S/c1-31-14-18-38(19-15-31)46-45-34(4)35(5)66-51(45)58-33(3)27-53-48(58)42(55-46)25-39(59)12-10-22-64-23-24-65-30-44(61)56-47(52(6,7)8)50(63)57-29-40(60)26-43(57)49(62)54-28-36-16-20-37(21-17-36)41-13-9-11-32(41)2/h9,11,14-21,27,40,42-43,47,60H,10,12-13,22-26,28-30H2,1-8H3,(H,54,62)(H,56,61)/t40?,42?,43-,47+/m0/s1. The van der Waals surface area contributed by atoms with Gasteiger partial charge in [-0.1, -0.05) is 87.0 Å². The summed E-state index contributed by atoms with van der Waals surface area (Å²) in [5.41, 5.74) is 10.2. The van der Waals surface area contributed by atoms with Crippen LogP contribution in [-0.4, -0.2) is 99.9 Å². The smallest absolute Gasteiger partial charge is 0.246 e. The minimum atomic E-state index is -0.971. The summed E-state index contributed by atoms with van der Waals surface area (Å²) in [5, 5.41) is 17.4. The number of β-amino-alcohol motifs (C(OH)–C–C–N with tert-alkyl or cyclic N) is 1. The lowest BCUT2D eigenvalue weighted by molar-refractivity contribution is -0.144. The molecule has 4 heterocycles. The van der Waals surface area contributed by atoms with Crippen LogP contribution in [0.5, 0.6) is 0 Å². The third-order valence-electron chi connectivity index (χ3n) is 12.7.